The van der Waals surface area contributed by atoms with E-state index in [9.17, 15) is 0 Å². The van der Waals surface area contributed by atoms with Crippen LogP contribution in [0.1, 0.15) is 11.1 Å². The molecule has 0 bridgehead atoms. The van der Waals surface area contributed by atoms with E-state index in [0.717, 1.165) is 22.6 Å². The van der Waals surface area contributed by atoms with Gasteiger partial charge in [-0.05, 0) is 35.4 Å². The van der Waals surface area contributed by atoms with Crippen LogP contribution in [-0.4, -0.2) is 42.2 Å². The molecule has 0 aliphatic carbocycles. The zero-order valence-corrected chi connectivity index (χ0v) is 17.5. The fraction of sp³-hybridized carbons (Fsp3) is 0.238. The van der Waals surface area contributed by atoms with Crippen LogP contribution in [0.5, 0.6) is 11.5 Å². The third-order valence-corrected chi connectivity index (χ3v) is 4.96. The fourth-order valence-electron chi connectivity index (χ4n) is 3.29. The van der Waals surface area contributed by atoms with Gasteiger partial charge in [0, 0.05) is 19.2 Å². The average molecular weight is 427 g/mol. The number of hydrogen-bond donors (Lipinski definition) is 2. The molecule has 2 heterocycles. The molecule has 2 aromatic carbocycles. The molecule has 156 valence electrons. The van der Waals surface area contributed by atoms with Gasteiger partial charge in [0.05, 0.1) is 14.2 Å². The van der Waals surface area contributed by atoms with Crippen LogP contribution in [0.4, 0.5) is 0 Å². The second kappa shape index (κ2) is 8.74. The van der Waals surface area contributed by atoms with E-state index in [4.69, 9.17) is 26.8 Å². The lowest BCUT2D eigenvalue weighted by Gasteiger charge is -2.33. The lowest BCUT2D eigenvalue weighted by atomic mass is 10.1. The van der Waals surface area contributed by atoms with Crippen molar-refractivity contribution in [3.8, 4) is 11.5 Å². The summed E-state index contributed by atoms with van der Waals surface area (Å²) >= 11 is 6.29. The summed E-state index contributed by atoms with van der Waals surface area (Å²) in [6.45, 7) is 1.19. The zero-order chi connectivity index (χ0) is 21.1. The number of halogens is 1. The molecule has 0 saturated carbocycles. The molecule has 1 unspecified atom stereocenters. The first-order chi connectivity index (χ1) is 14.6. The SMILES string of the molecule is COc1ccc(CN(Cc2ccc(OC)cc2)C2=NC(Cl)=CC3=NC(N)NN32)cc1. The molecule has 0 spiro atoms. The molecule has 4 rings (SSSR count). The van der Waals surface area contributed by atoms with Gasteiger partial charge in [0.1, 0.15) is 16.7 Å². The van der Waals surface area contributed by atoms with Crippen molar-refractivity contribution < 1.29 is 9.47 Å². The molecule has 8 nitrogen and oxygen atoms in total. The van der Waals surface area contributed by atoms with Gasteiger partial charge in [0.25, 0.3) is 0 Å². The minimum absolute atomic E-state index is 0.352. The summed E-state index contributed by atoms with van der Waals surface area (Å²) in [6, 6.07) is 15.9. The molecular weight excluding hydrogens is 404 g/mol. The van der Waals surface area contributed by atoms with Gasteiger partial charge >= 0.3 is 0 Å². The van der Waals surface area contributed by atoms with Crippen LogP contribution < -0.4 is 20.6 Å². The quantitative estimate of drug-likeness (QED) is 0.690. The summed E-state index contributed by atoms with van der Waals surface area (Å²) in [4.78, 5) is 11.0. The molecule has 0 radical (unpaired) electrons. The van der Waals surface area contributed by atoms with E-state index in [1.807, 2.05) is 48.5 Å². The molecule has 3 N–H and O–H groups in total. The first-order valence-corrected chi connectivity index (χ1v) is 9.80. The van der Waals surface area contributed by atoms with Crippen LogP contribution >= 0.6 is 11.6 Å². The van der Waals surface area contributed by atoms with E-state index in [2.05, 4.69) is 20.3 Å². The Morgan fingerprint density at radius 3 is 2.03 bits per heavy atom. The summed E-state index contributed by atoms with van der Waals surface area (Å²) in [5.74, 6) is 2.87. The van der Waals surface area contributed by atoms with Crippen molar-refractivity contribution in [2.45, 2.75) is 19.4 Å². The molecule has 30 heavy (non-hydrogen) atoms. The highest BCUT2D eigenvalue weighted by molar-refractivity contribution is 6.33. The highest BCUT2D eigenvalue weighted by Crippen LogP contribution is 2.22. The Bertz CT molecular complexity index is 938. The van der Waals surface area contributed by atoms with Crippen LogP contribution in [0, 0.1) is 0 Å². The summed E-state index contributed by atoms with van der Waals surface area (Å²) in [6.07, 6.45) is 1.14. The minimum atomic E-state index is -0.548. The number of nitrogens with zero attached hydrogens (tertiary/aromatic N) is 4. The molecule has 0 fully saturated rings. The lowest BCUT2D eigenvalue weighted by molar-refractivity contribution is 0.315. The molecule has 0 saturated heterocycles. The highest BCUT2D eigenvalue weighted by atomic mass is 35.5. The van der Waals surface area contributed by atoms with E-state index < -0.39 is 6.29 Å². The average Bonchev–Trinajstić information content (AvgIpc) is 3.13. The number of nitrogens with two attached hydrogens (primary N) is 1. The second-order valence-corrected chi connectivity index (χ2v) is 7.21. The zero-order valence-electron chi connectivity index (χ0n) is 16.7. The molecule has 9 heteroatoms. The number of amidine groups is 1. The molecule has 2 aliphatic heterocycles. The first-order valence-electron chi connectivity index (χ1n) is 9.42. The predicted octanol–water partition coefficient (Wildman–Crippen LogP) is 2.62. The van der Waals surface area contributed by atoms with E-state index in [0.29, 0.717) is 30.0 Å². The van der Waals surface area contributed by atoms with E-state index >= 15 is 0 Å². The van der Waals surface area contributed by atoms with E-state index in [1.165, 1.54) is 0 Å². The van der Waals surface area contributed by atoms with Crippen LogP contribution in [0.3, 0.4) is 0 Å². The number of fused-ring (bicyclic) bond motifs is 1. The Morgan fingerprint density at radius 1 is 1.00 bits per heavy atom. The Hall–Kier alpha value is -3.07. The van der Waals surface area contributed by atoms with Gasteiger partial charge in [-0.3, -0.25) is 5.73 Å². The van der Waals surface area contributed by atoms with Crippen LogP contribution in [0.2, 0.25) is 0 Å². The number of aliphatic imine (C=N–C) groups is 2. The van der Waals surface area contributed by atoms with Crippen LogP contribution in [0.25, 0.3) is 0 Å². The third kappa shape index (κ3) is 4.40. The van der Waals surface area contributed by atoms with Gasteiger partial charge in [-0.1, -0.05) is 35.9 Å². The number of guanidine groups is 1. The number of methoxy groups -OCH3 is 2. The molecule has 2 aliphatic rings. The van der Waals surface area contributed by atoms with Gasteiger partial charge in [0.2, 0.25) is 5.96 Å². The number of hydrogen-bond acceptors (Lipinski definition) is 8. The minimum Gasteiger partial charge on any atom is -0.497 e. The van der Waals surface area contributed by atoms with Gasteiger partial charge in [-0.15, -0.1) is 0 Å². The van der Waals surface area contributed by atoms with Crippen molar-refractivity contribution >= 4 is 23.4 Å². The van der Waals surface area contributed by atoms with E-state index in [-0.39, 0.29) is 0 Å². The van der Waals surface area contributed by atoms with Crippen molar-refractivity contribution in [1.29, 1.82) is 0 Å². The van der Waals surface area contributed by atoms with Crippen molar-refractivity contribution in [3.63, 3.8) is 0 Å². The molecule has 0 aromatic heterocycles. The Labute approximate surface area is 180 Å². The van der Waals surface area contributed by atoms with Gasteiger partial charge < -0.3 is 14.4 Å². The van der Waals surface area contributed by atoms with Crippen LogP contribution in [-0.2, 0) is 13.1 Å². The topological polar surface area (TPSA) is 87.7 Å². The van der Waals surface area contributed by atoms with Gasteiger partial charge in [-0.25, -0.2) is 15.0 Å². The maximum Gasteiger partial charge on any atom is 0.224 e. The predicted molar refractivity (Wildman–Crippen MR) is 117 cm³/mol. The third-order valence-electron chi connectivity index (χ3n) is 4.76. The Balaban J connectivity index is 1.65. The molecule has 0 amide bonds. The standard InChI is InChI=1S/C21H23ClN6O2/c1-29-16-7-3-14(4-8-16)12-27(13-15-5-9-17(30-2)10-6-15)21-24-18(22)11-19-25-20(23)26-28(19)21/h3-11,20,26H,12-13,23H2,1-2H3. The highest BCUT2D eigenvalue weighted by Gasteiger charge is 2.32. The monoisotopic (exact) mass is 426 g/mol. The maximum absolute atomic E-state index is 6.29. The van der Waals surface area contributed by atoms with Crippen molar-refractivity contribution in [2.24, 2.45) is 15.7 Å². The Morgan fingerprint density at radius 2 is 1.53 bits per heavy atom. The maximum atomic E-state index is 6.29. The fourth-order valence-corrected chi connectivity index (χ4v) is 3.46. The summed E-state index contributed by atoms with van der Waals surface area (Å²) in [5, 5.41) is 2.12. The molecule has 1 atom stereocenters. The van der Waals surface area contributed by atoms with Crippen LogP contribution in [0.15, 0.2) is 69.7 Å². The number of nitrogens with one attached hydrogen (secondary N) is 1. The number of hydrazine groups is 1. The largest absolute Gasteiger partial charge is 0.497 e. The lowest BCUT2D eigenvalue weighted by Crippen LogP contribution is -2.53. The van der Waals surface area contributed by atoms with Gasteiger partial charge in [-0.2, -0.15) is 5.43 Å². The van der Waals surface area contributed by atoms with E-state index in [1.54, 1.807) is 25.3 Å². The smallest absolute Gasteiger partial charge is 0.224 e. The molecular formula is C21H23ClN6O2. The van der Waals surface area contributed by atoms with Crippen molar-refractivity contribution in [1.82, 2.24) is 15.3 Å². The summed E-state index contributed by atoms with van der Waals surface area (Å²) in [5.41, 5.74) is 11.3. The van der Waals surface area contributed by atoms with Crippen molar-refractivity contribution in [3.05, 3.63) is 70.9 Å². The molecule has 2 aromatic rings. The second-order valence-electron chi connectivity index (χ2n) is 6.83. The number of rotatable bonds is 6. The first kappa shape index (κ1) is 20.2. The van der Waals surface area contributed by atoms with Gasteiger partial charge in [0.15, 0.2) is 12.1 Å². The summed E-state index contributed by atoms with van der Waals surface area (Å²) in [7, 11) is 3.30. The number of benzene rings is 2. The summed E-state index contributed by atoms with van der Waals surface area (Å²) < 4.78 is 10.5. The normalized spacial score (nSPS) is 17.7. The number of ether oxygens (including phenoxy) is 2. The Kier molecular flexibility index (Phi) is 5.89. The van der Waals surface area contributed by atoms with Crippen molar-refractivity contribution in [2.75, 3.05) is 14.2 Å².